The molecular weight excluding hydrogens is 324 g/mol. The molecule has 0 saturated heterocycles. The van der Waals surface area contributed by atoms with E-state index in [9.17, 15) is 9.59 Å². The highest BCUT2D eigenvalue weighted by molar-refractivity contribution is 5.79. The molecule has 0 aromatic heterocycles. The van der Waals surface area contributed by atoms with Gasteiger partial charge in [-0.25, -0.2) is 0 Å². The molecule has 0 radical (unpaired) electrons. The zero-order valence-electron chi connectivity index (χ0n) is 17.1. The third-order valence-corrected chi connectivity index (χ3v) is 9.39. The maximum absolute atomic E-state index is 12.3. The van der Waals surface area contributed by atoms with Crippen molar-refractivity contribution in [3.8, 4) is 0 Å². The number of hydrogen-bond donors (Lipinski definition) is 0. The molecule has 0 aromatic carbocycles. The molecule has 0 heterocycles. The number of esters is 1. The number of fused-ring (bicyclic) bond motifs is 5. The molecule has 146 valence electrons. The van der Waals surface area contributed by atoms with Gasteiger partial charge in [-0.05, 0) is 99.2 Å². The van der Waals surface area contributed by atoms with Crippen LogP contribution < -0.4 is 0 Å². The average Bonchev–Trinajstić information content (AvgIpc) is 2.91. The number of ether oxygens (including phenoxy) is 1. The molecule has 0 aliphatic heterocycles. The van der Waals surface area contributed by atoms with Crippen LogP contribution in [0.1, 0.15) is 85.5 Å². The maximum atomic E-state index is 12.3. The van der Waals surface area contributed by atoms with Gasteiger partial charge in [-0.15, -0.1) is 0 Å². The highest BCUT2D eigenvalue weighted by atomic mass is 16.5. The summed E-state index contributed by atoms with van der Waals surface area (Å²) in [4.78, 5) is 23.8. The molecule has 4 aliphatic rings. The van der Waals surface area contributed by atoms with Crippen LogP contribution in [0.2, 0.25) is 0 Å². The molecule has 0 aromatic rings. The zero-order valence-corrected chi connectivity index (χ0v) is 17.1. The summed E-state index contributed by atoms with van der Waals surface area (Å²) in [6, 6.07) is 0. The molecule has 0 amide bonds. The normalized spacial score (nSPS) is 50.3. The number of rotatable bonds is 2. The summed E-state index contributed by atoms with van der Waals surface area (Å²) in [6.45, 7) is 8.28. The Morgan fingerprint density at radius 3 is 2.23 bits per heavy atom. The van der Waals surface area contributed by atoms with Gasteiger partial charge in [0.15, 0.2) is 0 Å². The van der Waals surface area contributed by atoms with E-state index in [1.807, 2.05) is 6.92 Å². The second kappa shape index (κ2) is 6.34. The van der Waals surface area contributed by atoms with Crippen LogP contribution in [0.25, 0.3) is 0 Å². The van der Waals surface area contributed by atoms with E-state index in [0.29, 0.717) is 17.1 Å². The fraction of sp³-hybridized carbons (Fsp3) is 0.913. The molecule has 3 heteroatoms. The predicted octanol–water partition coefficient (Wildman–Crippen LogP) is 5.17. The van der Waals surface area contributed by atoms with Crippen molar-refractivity contribution in [2.75, 3.05) is 0 Å². The summed E-state index contributed by atoms with van der Waals surface area (Å²) >= 11 is 0. The summed E-state index contributed by atoms with van der Waals surface area (Å²) in [7, 11) is 0. The summed E-state index contributed by atoms with van der Waals surface area (Å²) < 4.78 is 5.66. The minimum Gasteiger partial charge on any atom is -0.463 e. The van der Waals surface area contributed by atoms with E-state index >= 15 is 0 Å². The van der Waals surface area contributed by atoms with Gasteiger partial charge in [-0.1, -0.05) is 13.8 Å². The van der Waals surface area contributed by atoms with Crippen LogP contribution in [-0.4, -0.2) is 17.9 Å². The van der Waals surface area contributed by atoms with Crippen molar-refractivity contribution in [2.24, 2.45) is 40.4 Å². The van der Waals surface area contributed by atoms with E-state index < -0.39 is 0 Å². The van der Waals surface area contributed by atoms with Crippen molar-refractivity contribution >= 4 is 11.8 Å². The average molecular weight is 361 g/mol. The van der Waals surface area contributed by atoms with Crippen LogP contribution in [-0.2, 0) is 14.3 Å². The van der Waals surface area contributed by atoms with E-state index in [-0.39, 0.29) is 17.5 Å². The molecular formula is C23H36O3. The van der Waals surface area contributed by atoms with Gasteiger partial charge < -0.3 is 4.74 Å². The lowest BCUT2D eigenvalue weighted by atomic mass is 9.44. The Bertz CT molecular complexity index is 598. The van der Waals surface area contributed by atoms with Crippen LogP contribution in [0.5, 0.6) is 0 Å². The number of carbonyl (C=O) groups excluding carboxylic acids is 2. The van der Waals surface area contributed by atoms with Crippen LogP contribution in [0, 0.1) is 40.4 Å². The highest BCUT2D eigenvalue weighted by Gasteiger charge is 2.61. The van der Waals surface area contributed by atoms with Gasteiger partial charge in [0, 0.05) is 12.8 Å². The van der Waals surface area contributed by atoms with Gasteiger partial charge in [0.1, 0.15) is 11.9 Å². The highest BCUT2D eigenvalue weighted by Crippen LogP contribution is 2.67. The molecule has 3 nitrogen and oxygen atoms in total. The largest absolute Gasteiger partial charge is 0.463 e. The van der Waals surface area contributed by atoms with Crippen molar-refractivity contribution < 1.29 is 14.3 Å². The Labute approximate surface area is 158 Å². The SMILES string of the molecule is CC(=O)OC1CC[C@@H]2CC[C@@H]3[C@H](CC[C@]4(C)[C@@H](C(C)=O)CC[C@@H]34)[C@@]2(C)C1. The van der Waals surface area contributed by atoms with Gasteiger partial charge >= 0.3 is 5.97 Å². The standard InChI is InChI=1S/C23H36O3/c1-14(24)19-9-10-20-18-8-6-16-5-7-17(26-15(2)25)13-23(16,4)21(18)11-12-22(19,20)3/h16-21H,5-13H2,1-4H3/t16-,17?,18+,19-,20+,21+,22-,23+/m1/s1. The van der Waals surface area contributed by atoms with Crippen LogP contribution in [0.3, 0.4) is 0 Å². The molecule has 26 heavy (non-hydrogen) atoms. The monoisotopic (exact) mass is 360 g/mol. The van der Waals surface area contributed by atoms with Crippen LogP contribution in [0.4, 0.5) is 0 Å². The van der Waals surface area contributed by atoms with Crippen LogP contribution in [0.15, 0.2) is 0 Å². The Balaban J connectivity index is 1.58. The first-order valence-electron chi connectivity index (χ1n) is 10.9. The predicted molar refractivity (Wildman–Crippen MR) is 101 cm³/mol. The first-order valence-corrected chi connectivity index (χ1v) is 10.9. The number of carbonyl (C=O) groups is 2. The molecule has 0 N–H and O–H groups in total. The Kier molecular flexibility index (Phi) is 4.51. The van der Waals surface area contributed by atoms with Crippen molar-refractivity contribution in [2.45, 2.75) is 91.6 Å². The number of hydrogen-bond acceptors (Lipinski definition) is 3. The van der Waals surface area contributed by atoms with Gasteiger partial charge in [-0.3, -0.25) is 9.59 Å². The Hall–Kier alpha value is -0.860. The lowest BCUT2D eigenvalue weighted by Gasteiger charge is -2.61. The second-order valence-corrected chi connectivity index (χ2v) is 10.5. The molecule has 0 bridgehead atoms. The first-order chi connectivity index (χ1) is 12.3. The summed E-state index contributed by atoms with van der Waals surface area (Å²) in [6.07, 6.45) is 11.0. The van der Waals surface area contributed by atoms with Crippen molar-refractivity contribution in [1.82, 2.24) is 0 Å². The van der Waals surface area contributed by atoms with Gasteiger partial charge in [-0.2, -0.15) is 0 Å². The van der Waals surface area contributed by atoms with E-state index in [1.165, 1.54) is 38.5 Å². The third kappa shape index (κ3) is 2.67. The zero-order chi connectivity index (χ0) is 18.7. The maximum Gasteiger partial charge on any atom is 0.302 e. The van der Waals surface area contributed by atoms with Gasteiger partial charge in [0.05, 0.1) is 0 Å². The molecule has 4 aliphatic carbocycles. The van der Waals surface area contributed by atoms with Crippen molar-refractivity contribution in [3.63, 3.8) is 0 Å². The lowest BCUT2D eigenvalue weighted by molar-refractivity contribution is -0.163. The quantitative estimate of drug-likeness (QED) is 0.638. The Morgan fingerprint density at radius 2 is 1.54 bits per heavy atom. The van der Waals surface area contributed by atoms with E-state index in [2.05, 4.69) is 13.8 Å². The fourth-order valence-electron chi connectivity index (χ4n) is 8.31. The van der Waals surface area contributed by atoms with Gasteiger partial charge in [0.25, 0.3) is 0 Å². The smallest absolute Gasteiger partial charge is 0.302 e. The number of ketones is 1. The van der Waals surface area contributed by atoms with Crippen LogP contribution >= 0.6 is 0 Å². The molecule has 1 unspecified atom stereocenters. The molecule has 4 fully saturated rings. The van der Waals surface area contributed by atoms with E-state index in [0.717, 1.165) is 42.9 Å². The fourth-order valence-corrected chi connectivity index (χ4v) is 8.31. The first kappa shape index (κ1) is 18.5. The van der Waals surface area contributed by atoms with E-state index in [4.69, 9.17) is 4.74 Å². The molecule has 8 atom stereocenters. The molecule has 4 saturated carbocycles. The second-order valence-electron chi connectivity index (χ2n) is 10.5. The third-order valence-electron chi connectivity index (χ3n) is 9.39. The molecule has 0 spiro atoms. The lowest BCUT2D eigenvalue weighted by Crippen LogP contribution is -2.54. The van der Waals surface area contributed by atoms with Gasteiger partial charge in [0.2, 0.25) is 0 Å². The van der Waals surface area contributed by atoms with Crippen molar-refractivity contribution in [3.05, 3.63) is 0 Å². The van der Waals surface area contributed by atoms with Crippen molar-refractivity contribution in [1.29, 1.82) is 0 Å². The Morgan fingerprint density at radius 1 is 0.846 bits per heavy atom. The summed E-state index contributed by atoms with van der Waals surface area (Å²) in [5.41, 5.74) is 0.553. The minimum atomic E-state index is -0.124. The molecule has 4 rings (SSSR count). The minimum absolute atomic E-state index is 0.120. The summed E-state index contributed by atoms with van der Waals surface area (Å²) in [5, 5.41) is 0. The summed E-state index contributed by atoms with van der Waals surface area (Å²) in [5.74, 6) is 3.63. The topological polar surface area (TPSA) is 43.4 Å². The number of Topliss-reactive ketones (excluding diaryl/α,β-unsaturated/α-hetero) is 1. The van der Waals surface area contributed by atoms with E-state index in [1.54, 1.807) is 6.92 Å².